The number of nitrogens with zero attached hydrogens (tertiary/aromatic N) is 6. The highest BCUT2D eigenvalue weighted by atomic mass is 16.3. The zero-order valence-corrected chi connectivity index (χ0v) is 23.2. The van der Waals surface area contributed by atoms with E-state index in [1.165, 1.54) is 12.0 Å². The number of hydrogen-bond donors (Lipinski definition) is 1. The second-order valence-corrected chi connectivity index (χ2v) is 11.3. The van der Waals surface area contributed by atoms with Gasteiger partial charge in [0.1, 0.15) is 5.82 Å². The molecule has 204 valence electrons. The maximum absolute atomic E-state index is 12.0. The van der Waals surface area contributed by atoms with Crippen LogP contribution in [0.1, 0.15) is 44.7 Å². The van der Waals surface area contributed by atoms with Crippen molar-refractivity contribution in [2.75, 3.05) is 11.4 Å². The largest absolute Gasteiger partial charge is 0.389 e. The van der Waals surface area contributed by atoms with E-state index in [-0.39, 0.29) is 11.6 Å². The molecule has 0 unspecified atom stereocenters. The predicted molar refractivity (Wildman–Crippen MR) is 158 cm³/mol. The predicted octanol–water partition coefficient (Wildman–Crippen LogP) is 5.36. The van der Waals surface area contributed by atoms with E-state index in [1.807, 2.05) is 30.6 Å². The Morgan fingerprint density at radius 3 is 2.52 bits per heavy atom. The molecule has 1 N–H and O–H groups in total. The summed E-state index contributed by atoms with van der Waals surface area (Å²) >= 11 is 0. The zero-order valence-electron chi connectivity index (χ0n) is 23.2. The summed E-state index contributed by atoms with van der Waals surface area (Å²) in [7, 11) is 1.77. The second kappa shape index (κ2) is 10.4. The van der Waals surface area contributed by atoms with E-state index < -0.39 is 5.60 Å². The number of pyridine rings is 1. The summed E-state index contributed by atoms with van der Waals surface area (Å²) in [5, 5.41) is 15.7. The highest BCUT2D eigenvalue weighted by molar-refractivity contribution is 5.94. The number of benzene rings is 2. The number of aromatic nitrogens is 5. The first-order chi connectivity index (χ1) is 19.2. The maximum Gasteiger partial charge on any atom is 0.250 e. The molecule has 8 heteroatoms. The van der Waals surface area contributed by atoms with Gasteiger partial charge >= 0.3 is 0 Å². The molecule has 3 aromatic heterocycles. The molecule has 2 aromatic carbocycles. The van der Waals surface area contributed by atoms with Crippen LogP contribution in [0.25, 0.3) is 33.4 Å². The first kappa shape index (κ1) is 26.0. The minimum Gasteiger partial charge on any atom is -0.389 e. The normalized spacial score (nSPS) is 16.0. The zero-order chi connectivity index (χ0) is 27.9. The number of fused-ring (bicyclic) bond motifs is 1. The number of piperidine rings is 1. The third-order valence-electron chi connectivity index (χ3n) is 7.49. The molecule has 4 heterocycles. The van der Waals surface area contributed by atoms with Crippen LogP contribution in [0.15, 0.2) is 84.0 Å². The summed E-state index contributed by atoms with van der Waals surface area (Å²) in [5.41, 5.74) is 3.98. The Morgan fingerprint density at radius 1 is 0.950 bits per heavy atom. The lowest BCUT2D eigenvalue weighted by Gasteiger charge is -2.37. The fourth-order valence-electron chi connectivity index (χ4n) is 5.57. The van der Waals surface area contributed by atoms with Gasteiger partial charge < -0.3 is 14.6 Å². The molecule has 5 aromatic rings. The standard InChI is InChI=1S/C32H34N6O2/c1-32(2,40)21-37-20-25(18-33-37)30-34-27-14-12-23(24-13-15-29(39)36(3)19-24)17-26(27)31(35-30)38-16-8-7-11-28(38)22-9-5-4-6-10-22/h4-6,9-10,12-15,17-20,28,40H,7-8,11,16,21H2,1-3H3/t28-/m1/s1. The molecule has 0 radical (unpaired) electrons. The van der Waals surface area contributed by atoms with E-state index in [2.05, 4.69) is 46.4 Å². The Morgan fingerprint density at radius 2 is 1.75 bits per heavy atom. The van der Waals surface area contributed by atoms with Crippen molar-refractivity contribution in [2.45, 2.75) is 51.3 Å². The minimum absolute atomic E-state index is 0.0395. The summed E-state index contributed by atoms with van der Waals surface area (Å²) in [6, 6.07) is 20.5. The average Bonchev–Trinajstić information content (AvgIpc) is 3.41. The molecule has 8 nitrogen and oxygen atoms in total. The van der Waals surface area contributed by atoms with Crippen molar-refractivity contribution in [3.8, 4) is 22.5 Å². The Hall–Kier alpha value is -4.30. The highest BCUT2D eigenvalue weighted by Gasteiger charge is 2.28. The van der Waals surface area contributed by atoms with Crippen molar-refractivity contribution in [3.63, 3.8) is 0 Å². The number of rotatable bonds is 6. The summed E-state index contributed by atoms with van der Waals surface area (Å²) in [6.07, 6.45) is 8.83. The third kappa shape index (κ3) is 5.27. The summed E-state index contributed by atoms with van der Waals surface area (Å²) in [6.45, 7) is 4.80. The lowest BCUT2D eigenvalue weighted by molar-refractivity contribution is 0.0577. The molecular weight excluding hydrogens is 500 g/mol. The highest BCUT2D eigenvalue weighted by Crippen LogP contribution is 2.39. The lowest BCUT2D eigenvalue weighted by Crippen LogP contribution is -2.34. The van der Waals surface area contributed by atoms with Gasteiger partial charge in [-0.15, -0.1) is 0 Å². The Bertz CT molecular complexity index is 1720. The summed E-state index contributed by atoms with van der Waals surface area (Å²) in [4.78, 5) is 24.6. The van der Waals surface area contributed by atoms with Gasteiger partial charge in [-0.3, -0.25) is 9.48 Å². The lowest BCUT2D eigenvalue weighted by atomic mass is 9.94. The molecule has 1 fully saturated rings. The fourth-order valence-corrected chi connectivity index (χ4v) is 5.57. The molecule has 0 aliphatic carbocycles. The van der Waals surface area contributed by atoms with E-state index >= 15 is 0 Å². The maximum atomic E-state index is 12.0. The van der Waals surface area contributed by atoms with Gasteiger partial charge in [0.15, 0.2) is 5.82 Å². The van der Waals surface area contributed by atoms with Crippen LogP contribution >= 0.6 is 0 Å². The van der Waals surface area contributed by atoms with Crippen molar-refractivity contribution in [3.05, 3.63) is 95.2 Å². The number of hydrogen-bond acceptors (Lipinski definition) is 6. The van der Waals surface area contributed by atoms with E-state index in [0.29, 0.717) is 12.4 Å². The van der Waals surface area contributed by atoms with Crippen LogP contribution in [0.4, 0.5) is 5.82 Å². The van der Waals surface area contributed by atoms with E-state index in [9.17, 15) is 9.90 Å². The average molecular weight is 535 g/mol. The van der Waals surface area contributed by atoms with Crippen LogP contribution in [0.3, 0.4) is 0 Å². The van der Waals surface area contributed by atoms with Gasteiger partial charge in [0, 0.05) is 37.4 Å². The van der Waals surface area contributed by atoms with Gasteiger partial charge in [0.05, 0.1) is 35.5 Å². The van der Waals surface area contributed by atoms with Gasteiger partial charge in [-0.05, 0) is 68.0 Å². The Kier molecular flexibility index (Phi) is 6.72. The SMILES string of the molecule is Cn1cc(-c2ccc3nc(-c4cnn(CC(C)(C)O)c4)nc(N4CCCC[C@@H]4c4ccccc4)c3c2)ccc1=O. The van der Waals surface area contributed by atoms with Crippen LogP contribution in [-0.2, 0) is 13.6 Å². The number of anilines is 1. The minimum atomic E-state index is -0.882. The second-order valence-electron chi connectivity index (χ2n) is 11.3. The smallest absolute Gasteiger partial charge is 0.250 e. The van der Waals surface area contributed by atoms with Crippen LogP contribution in [0.5, 0.6) is 0 Å². The molecule has 1 aliphatic rings. The quantitative estimate of drug-likeness (QED) is 0.315. The fraction of sp³-hybridized carbons (Fsp3) is 0.312. The van der Waals surface area contributed by atoms with Gasteiger partial charge in [0.2, 0.25) is 5.56 Å². The van der Waals surface area contributed by atoms with E-state index in [0.717, 1.165) is 52.8 Å². The van der Waals surface area contributed by atoms with Gasteiger partial charge in [0.25, 0.3) is 0 Å². The van der Waals surface area contributed by atoms with Crippen LogP contribution < -0.4 is 10.5 Å². The van der Waals surface area contributed by atoms with Gasteiger partial charge in [-0.25, -0.2) is 9.97 Å². The first-order valence-corrected chi connectivity index (χ1v) is 13.8. The van der Waals surface area contributed by atoms with Crippen molar-refractivity contribution < 1.29 is 5.11 Å². The van der Waals surface area contributed by atoms with Crippen LogP contribution in [0, 0.1) is 0 Å². The molecular formula is C32H34N6O2. The summed E-state index contributed by atoms with van der Waals surface area (Å²) in [5.74, 6) is 1.51. The molecule has 0 bridgehead atoms. The first-order valence-electron chi connectivity index (χ1n) is 13.8. The van der Waals surface area contributed by atoms with Crippen LogP contribution in [-0.4, -0.2) is 41.6 Å². The molecule has 6 rings (SSSR count). The Labute approximate surface area is 233 Å². The summed E-state index contributed by atoms with van der Waals surface area (Å²) < 4.78 is 3.33. The number of aliphatic hydroxyl groups is 1. The van der Waals surface area contributed by atoms with Crippen molar-refractivity contribution in [2.24, 2.45) is 7.05 Å². The molecule has 1 atom stereocenters. The topological polar surface area (TPSA) is 89.1 Å². The van der Waals surface area contributed by atoms with E-state index in [4.69, 9.17) is 9.97 Å². The molecule has 0 spiro atoms. The molecule has 0 saturated carbocycles. The van der Waals surface area contributed by atoms with E-state index in [1.54, 1.807) is 42.4 Å². The number of aryl methyl sites for hydroxylation is 1. The molecule has 0 amide bonds. The van der Waals surface area contributed by atoms with Crippen molar-refractivity contribution in [1.82, 2.24) is 24.3 Å². The third-order valence-corrected chi connectivity index (χ3v) is 7.49. The molecule has 40 heavy (non-hydrogen) atoms. The molecule has 1 aliphatic heterocycles. The van der Waals surface area contributed by atoms with Crippen molar-refractivity contribution in [1.29, 1.82) is 0 Å². The van der Waals surface area contributed by atoms with Gasteiger partial charge in [-0.2, -0.15) is 5.10 Å². The molecule has 1 saturated heterocycles. The Balaban J connectivity index is 1.52. The monoisotopic (exact) mass is 534 g/mol. The van der Waals surface area contributed by atoms with Crippen LogP contribution in [0.2, 0.25) is 0 Å². The van der Waals surface area contributed by atoms with Crippen molar-refractivity contribution >= 4 is 16.7 Å². The van der Waals surface area contributed by atoms with Gasteiger partial charge in [-0.1, -0.05) is 36.4 Å².